The van der Waals surface area contributed by atoms with Crippen LogP contribution in [-0.2, 0) is 39.5 Å². The van der Waals surface area contributed by atoms with Crippen LogP contribution in [0.25, 0.3) is 33.8 Å². The molecule has 58 heavy (non-hydrogen) atoms. The van der Waals surface area contributed by atoms with Gasteiger partial charge in [0.05, 0.1) is 23.5 Å². The van der Waals surface area contributed by atoms with E-state index >= 15 is 0 Å². The topological polar surface area (TPSA) is 97.2 Å². The molecule has 0 fully saturated rings. The monoisotopic (exact) mass is 874 g/mol. The van der Waals surface area contributed by atoms with Crippen molar-refractivity contribution in [2.75, 3.05) is 0 Å². The standard InChI is InChI=1S/C15H11F8N5O.C15H11F8N5S/c2*1-7-4-28-11(29)9(10(14(18,19)20)25-12(28)26(7)2)8-3-24-27(5-8)6-13(16,17)15(21,22)23/h2*3-5H,6H2,1-2H3. The summed E-state index contributed by atoms with van der Waals surface area (Å²) in [5, 5.41) is 6.59. The van der Waals surface area contributed by atoms with Gasteiger partial charge in [-0.1, -0.05) is 12.2 Å². The second kappa shape index (κ2) is 14.1. The number of aryl methyl sites for hydroxylation is 4. The van der Waals surface area contributed by atoms with Gasteiger partial charge in [-0.15, -0.1) is 0 Å². The largest absolute Gasteiger partial charge is 0.455 e. The molecule has 0 aliphatic carbocycles. The Bertz CT molecular complexity index is 2450. The molecular weight excluding hydrogens is 852 g/mol. The van der Waals surface area contributed by atoms with Crippen LogP contribution in [0.15, 0.2) is 42.0 Å². The molecule has 0 saturated heterocycles. The summed E-state index contributed by atoms with van der Waals surface area (Å²) in [6.45, 7) is -0.733. The van der Waals surface area contributed by atoms with E-state index in [4.69, 9.17) is 12.2 Å². The molecule has 0 radical (unpaired) electrons. The zero-order valence-electron chi connectivity index (χ0n) is 29.2. The van der Waals surface area contributed by atoms with Gasteiger partial charge in [-0.05, 0) is 13.8 Å². The molecule has 0 aliphatic rings. The van der Waals surface area contributed by atoms with E-state index in [1.54, 1.807) is 6.92 Å². The van der Waals surface area contributed by atoms with Crippen LogP contribution in [0.5, 0.6) is 0 Å². The van der Waals surface area contributed by atoms with Crippen LogP contribution in [0.1, 0.15) is 22.8 Å². The number of hydrogen-bond acceptors (Lipinski definition) is 6. The SMILES string of the molecule is Cc1cn2c(=O)c(-c3cnn(CC(F)(F)C(F)(F)F)c3)c(C(F)(F)F)nc2n1C.Cc1cn2c(=S)c(-c3cnn(CC(F)(F)C(F)(F)F)c3)c(C(F)(F)F)nc2n1C. The highest BCUT2D eigenvalue weighted by Gasteiger charge is 2.58. The second-order valence-electron chi connectivity index (χ2n) is 12.5. The van der Waals surface area contributed by atoms with Crippen molar-refractivity contribution < 1.29 is 70.2 Å². The Morgan fingerprint density at radius 3 is 1.33 bits per heavy atom. The summed E-state index contributed by atoms with van der Waals surface area (Å²) in [4.78, 5) is 19.7. The van der Waals surface area contributed by atoms with E-state index in [1.807, 2.05) is 0 Å². The molecule has 6 aromatic heterocycles. The van der Waals surface area contributed by atoms with Gasteiger partial charge in [0, 0.05) is 61.4 Å². The van der Waals surface area contributed by atoms with Crippen molar-refractivity contribution >= 4 is 23.8 Å². The van der Waals surface area contributed by atoms with Crippen molar-refractivity contribution in [2.24, 2.45) is 14.1 Å². The van der Waals surface area contributed by atoms with Crippen molar-refractivity contribution in [3.05, 3.63) is 75.0 Å². The lowest BCUT2D eigenvalue weighted by atomic mass is 10.1. The number of halogens is 16. The highest BCUT2D eigenvalue weighted by atomic mass is 32.1. The van der Waals surface area contributed by atoms with Crippen LogP contribution < -0.4 is 5.56 Å². The molecule has 0 N–H and O–H groups in total. The van der Waals surface area contributed by atoms with Gasteiger partial charge < -0.3 is 9.13 Å². The maximum Gasteiger partial charge on any atom is 0.455 e. The quantitative estimate of drug-likeness (QED) is 0.124. The first-order valence-electron chi connectivity index (χ1n) is 15.5. The van der Waals surface area contributed by atoms with E-state index in [9.17, 15) is 75.0 Å². The van der Waals surface area contributed by atoms with Crippen LogP contribution in [0.3, 0.4) is 0 Å². The van der Waals surface area contributed by atoms with Crippen LogP contribution in [0, 0.1) is 18.5 Å². The first kappa shape index (κ1) is 43.7. The smallest absolute Gasteiger partial charge is 0.317 e. The lowest BCUT2D eigenvalue weighted by Crippen LogP contribution is -2.40. The van der Waals surface area contributed by atoms with Crippen molar-refractivity contribution in [3.8, 4) is 22.3 Å². The van der Waals surface area contributed by atoms with Gasteiger partial charge in [0.15, 0.2) is 11.4 Å². The number of hydrogen-bond donors (Lipinski definition) is 0. The van der Waals surface area contributed by atoms with Gasteiger partial charge in [0.25, 0.3) is 5.56 Å². The maximum absolute atomic E-state index is 13.6. The van der Waals surface area contributed by atoms with Crippen molar-refractivity contribution in [1.29, 1.82) is 0 Å². The third-order valence-electron chi connectivity index (χ3n) is 8.41. The van der Waals surface area contributed by atoms with E-state index in [-0.39, 0.29) is 31.1 Å². The van der Waals surface area contributed by atoms with Crippen LogP contribution in [-0.4, -0.2) is 71.7 Å². The number of rotatable bonds is 6. The lowest BCUT2D eigenvalue weighted by Gasteiger charge is -2.19. The third-order valence-corrected chi connectivity index (χ3v) is 8.82. The fourth-order valence-corrected chi connectivity index (χ4v) is 5.64. The molecule has 0 unspecified atom stereocenters. The summed E-state index contributed by atoms with van der Waals surface area (Å²) in [5.74, 6) is -10.7. The first-order chi connectivity index (χ1) is 26.3. The molecule has 0 aliphatic heterocycles. The summed E-state index contributed by atoms with van der Waals surface area (Å²) < 4.78 is 213. The van der Waals surface area contributed by atoms with Crippen molar-refractivity contribution in [1.82, 2.24) is 47.5 Å². The van der Waals surface area contributed by atoms with Crippen LogP contribution in [0.2, 0.25) is 0 Å². The molecule has 6 aromatic rings. The van der Waals surface area contributed by atoms with Crippen LogP contribution in [0.4, 0.5) is 70.2 Å². The van der Waals surface area contributed by atoms with Gasteiger partial charge in [-0.25, -0.2) is 9.97 Å². The molecule has 28 heteroatoms. The number of aromatic nitrogens is 10. The summed E-state index contributed by atoms with van der Waals surface area (Å²) in [5.41, 5.74) is -5.87. The zero-order chi connectivity index (χ0) is 43.9. The highest BCUT2D eigenvalue weighted by Crippen LogP contribution is 2.40. The Labute approximate surface area is 316 Å². The number of fused-ring (bicyclic) bond motifs is 2. The van der Waals surface area contributed by atoms with E-state index in [0.717, 1.165) is 10.6 Å². The molecule has 11 nitrogen and oxygen atoms in total. The van der Waals surface area contributed by atoms with Crippen LogP contribution >= 0.6 is 12.2 Å². The Balaban J connectivity index is 0.000000221. The molecule has 6 heterocycles. The van der Waals surface area contributed by atoms with Crippen molar-refractivity contribution in [2.45, 2.75) is 63.5 Å². The third kappa shape index (κ3) is 8.00. The fraction of sp³-hybridized carbons (Fsp3) is 0.400. The van der Waals surface area contributed by atoms with E-state index < -0.39 is 83.3 Å². The molecular formula is C30H22F16N10OS. The van der Waals surface area contributed by atoms with Gasteiger partial charge in [-0.2, -0.15) is 80.4 Å². The molecule has 0 aromatic carbocycles. The highest BCUT2D eigenvalue weighted by molar-refractivity contribution is 7.71. The summed E-state index contributed by atoms with van der Waals surface area (Å²) >= 11 is 5.13. The van der Waals surface area contributed by atoms with E-state index in [1.165, 1.54) is 46.9 Å². The average molecular weight is 875 g/mol. The van der Waals surface area contributed by atoms with Gasteiger partial charge in [0.1, 0.15) is 17.7 Å². The summed E-state index contributed by atoms with van der Waals surface area (Å²) in [6.07, 6.45) is -16.6. The Morgan fingerprint density at radius 1 is 0.569 bits per heavy atom. The molecule has 6 rings (SSSR count). The Hall–Kier alpha value is -5.44. The minimum Gasteiger partial charge on any atom is -0.317 e. The Kier molecular flexibility index (Phi) is 10.6. The van der Waals surface area contributed by atoms with Gasteiger partial charge in [0.2, 0.25) is 11.6 Å². The molecule has 0 spiro atoms. The first-order valence-corrected chi connectivity index (χ1v) is 15.9. The molecule has 316 valence electrons. The van der Waals surface area contributed by atoms with E-state index in [2.05, 4.69) is 20.2 Å². The Morgan fingerprint density at radius 2 is 0.931 bits per heavy atom. The summed E-state index contributed by atoms with van der Waals surface area (Å²) in [6, 6.07) is 0. The molecule has 0 bridgehead atoms. The lowest BCUT2D eigenvalue weighted by molar-refractivity contribution is -0.287. The maximum atomic E-state index is 13.6. The molecule has 0 amide bonds. The average Bonchev–Trinajstić information content (AvgIpc) is 3.84. The number of imidazole rings is 2. The summed E-state index contributed by atoms with van der Waals surface area (Å²) in [7, 11) is 2.86. The molecule has 0 atom stereocenters. The minimum atomic E-state index is -5.88. The van der Waals surface area contributed by atoms with E-state index in [0.29, 0.717) is 30.0 Å². The van der Waals surface area contributed by atoms with Gasteiger partial charge >= 0.3 is 36.6 Å². The normalized spacial score (nSPS) is 13.4. The number of alkyl halides is 16. The predicted molar refractivity (Wildman–Crippen MR) is 169 cm³/mol. The number of nitrogens with zero attached hydrogens (tertiary/aromatic N) is 10. The molecule has 0 saturated carbocycles. The second-order valence-corrected chi connectivity index (χ2v) is 12.9. The van der Waals surface area contributed by atoms with Crippen molar-refractivity contribution in [3.63, 3.8) is 0 Å². The zero-order valence-corrected chi connectivity index (χ0v) is 30.0. The fourth-order valence-electron chi connectivity index (χ4n) is 5.29. The minimum absolute atomic E-state index is 0.112. The predicted octanol–water partition coefficient (Wildman–Crippen LogP) is 8.21. The van der Waals surface area contributed by atoms with Gasteiger partial charge in [-0.3, -0.25) is 23.0 Å².